The van der Waals surface area contributed by atoms with Gasteiger partial charge in [0.25, 0.3) is 11.6 Å². The first-order valence-electron chi connectivity index (χ1n) is 8.11. The van der Waals surface area contributed by atoms with E-state index in [9.17, 15) is 14.9 Å². The van der Waals surface area contributed by atoms with Crippen LogP contribution in [0.5, 0.6) is 0 Å². The van der Waals surface area contributed by atoms with Crippen LogP contribution < -0.4 is 5.32 Å². The van der Waals surface area contributed by atoms with Crippen LogP contribution in [0.3, 0.4) is 0 Å². The Morgan fingerprint density at radius 1 is 1.04 bits per heavy atom. The fourth-order valence-electron chi connectivity index (χ4n) is 2.83. The highest BCUT2D eigenvalue weighted by Gasteiger charge is 2.14. The van der Waals surface area contributed by atoms with Gasteiger partial charge in [0, 0.05) is 28.6 Å². The van der Waals surface area contributed by atoms with Gasteiger partial charge in [0.15, 0.2) is 5.13 Å². The first-order valence-corrected chi connectivity index (χ1v) is 8.99. The van der Waals surface area contributed by atoms with Gasteiger partial charge in [-0.15, -0.1) is 11.3 Å². The number of carbonyl (C=O) groups excluding carboxylic acids is 1. The third-order valence-electron chi connectivity index (χ3n) is 4.11. The number of thiazole rings is 1. The van der Waals surface area contributed by atoms with E-state index < -0.39 is 4.92 Å². The Labute approximate surface area is 158 Å². The van der Waals surface area contributed by atoms with E-state index in [1.807, 2.05) is 36.4 Å². The molecule has 0 atom stereocenters. The second-order valence-electron chi connectivity index (χ2n) is 5.83. The molecular weight excluding hydrogens is 362 g/mol. The predicted octanol–water partition coefficient (Wildman–Crippen LogP) is 5.12. The summed E-state index contributed by atoms with van der Waals surface area (Å²) in [7, 11) is 0. The summed E-state index contributed by atoms with van der Waals surface area (Å²) >= 11 is 1.27. The minimum absolute atomic E-state index is 0.00170. The molecular formula is C20H13N3O3S. The molecule has 1 aromatic heterocycles. The van der Waals surface area contributed by atoms with E-state index >= 15 is 0 Å². The van der Waals surface area contributed by atoms with Gasteiger partial charge in [-0.05, 0) is 16.8 Å². The highest BCUT2D eigenvalue weighted by atomic mass is 32.1. The molecule has 1 amide bonds. The van der Waals surface area contributed by atoms with Crippen molar-refractivity contribution in [3.05, 3.63) is 87.8 Å². The summed E-state index contributed by atoms with van der Waals surface area (Å²) in [6, 6.07) is 19.5. The van der Waals surface area contributed by atoms with Gasteiger partial charge < -0.3 is 0 Å². The number of non-ortho nitro benzene ring substituents is 1. The molecule has 4 aromatic rings. The van der Waals surface area contributed by atoms with Crippen LogP contribution in [0, 0.1) is 10.1 Å². The van der Waals surface area contributed by atoms with Crippen LogP contribution in [0.15, 0.2) is 72.1 Å². The van der Waals surface area contributed by atoms with Crippen molar-refractivity contribution in [1.29, 1.82) is 0 Å². The molecule has 0 fully saturated rings. The Hall–Kier alpha value is -3.58. The molecule has 1 N–H and O–H groups in total. The summed E-state index contributed by atoms with van der Waals surface area (Å²) in [6.07, 6.45) is 0. The third-order valence-corrected chi connectivity index (χ3v) is 4.87. The topological polar surface area (TPSA) is 85.1 Å². The molecule has 0 aliphatic heterocycles. The first-order chi connectivity index (χ1) is 13.1. The number of nitrogens with zero attached hydrogens (tertiary/aromatic N) is 2. The molecule has 3 aromatic carbocycles. The van der Waals surface area contributed by atoms with Gasteiger partial charge >= 0.3 is 0 Å². The zero-order valence-corrected chi connectivity index (χ0v) is 14.8. The number of hydrogen-bond acceptors (Lipinski definition) is 5. The number of fused-ring (bicyclic) bond motifs is 1. The van der Waals surface area contributed by atoms with Crippen molar-refractivity contribution in [2.45, 2.75) is 0 Å². The normalized spacial score (nSPS) is 10.7. The quantitative estimate of drug-likeness (QED) is 0.396. The van der Waals surface area contributed by atoms with Crippen molar-refractivity contribution in [1.82, 2.24) is 4.98 Å². The third kappa shape index (κ3) is 3.40. The molecule has 0 radical (unpaired) electrons. The number of hydrogen-bond donors (Lipinski definition) is 1. The SMILES string of the molecule is O=C(Nc1nc(-c2cccc([N+](=O)[O-])c2)cs1)c1cccc2ccccc12. The average Bonchev–Trinajstić information content (AvgIpc) is 3.16. The molecule has 0 saturated heterocycles. The minimum atomic E-state index is -0.445. The monoisotopic (exact) mass is 375 g/mol. The second-order valence-corrected chi connectivity index (χ2v) is 6.68. The van der Waals surface area contributed by atoms with E-state index in [1.54, 1.807) is 23.6 Å². The summed E-state index contributed by atoms with van der Waals surface area (Å²) < 4.78 is 0. The van der Waals surface area contributed by atoms with Crippen LogP contribution in [-0.4, -0.2) is 15.8 Å². The summed E-state index contributed by atoms with van der Waals surface area (Å²) in [5.74, 6) is -0.244. The zero-order chi connectivity index (χ0) is 18.8. The van der Waals surface area contributed by atoms with E-state index in [-0.39, 0.29) is 11.6 Å². The van der Waals surface area contributed by atoms with Gasteiger partial charge in [-0.1, -0.05) is 48.5 Å². The number of nitro benzene ring substituents is 1. The lowest BCUT2D eigenvalue weighted by atomic mass is 10.0. The first kappa shape index (κ1) is 16.9. The molecule has 1 heterocycles. The van der Waals surface area contributed by atoms with Crippen molar-refractivity contribution < 1.29 is 9.72 Å². The Kier molecular flexibility index (Phi) is 4.35. The molecule has 6 nitrogen and oxygen atoms in total. The number of nitro groups is 1. The van der Waals surface area contributed by atoms with Gasteiger partial charge in [-0.2, -0.15) is 0 Å². The van der Waals surface area contributed by atoms with E-state index in [1.165, 1.54) is 23.5 Å². The van der Waals surface area contributed by atoms with Crippen LogP contribution in [0.1, 0.15) is 10.4 Å². The highest BCUT2D eigenvalue weighted by molar-refractivity contribution is 7.14. The number of aromatic nitrogens is 1. The Morgan fingerprint density at radius 2 is 1.81 bits per heavy atom. The van der Waals surface area contributed by atoms with Gasteiger partial charge in [0.05, 0.1) is 10.6 Å². The lowest BCUT2D eigenvalue weighted by Crippen LogP contribution is -2.12. The average molecular weight is 375 g/mol. The predicted molar refractivity (Wildman–Crippen MR) is 106 cm³/mol. The van der Waals surface area contributed by atoms with Crippen LogP contribution in [0.25, 0.3) is 22.0 Å². The minimum Gasteiger partial charge on any atom is -0.298 e. The molecule has 0 saturated carbocycles. The summed E-state index contributed by atoms with van der Waals surface area (Å²) in [5.41, 5.74) is 1.78. The summed E-state index contributed by atoms with van der Waals surface area (Å²) in [4.78, 5) is 27.6. The second kappa shape index (κ2) is 6.97. The molecule has 27 heavy (non-hydrogen) atoms. The van der Waals surface area contributed by atoms with Gasteiger partial charge in [0.1, 0.15) is 0 Å². The van der Waals surface area contributed by atoms with Crippen LogP contribution >= 0.6 is 11.3 Å². The lowest BCUT2D eigenvalue weighted by molar-refractivity contribution is -0.384. The standard InChI is InChI=1S/C20H13N3O3S/c24-19(17-10-4-6-13-5-1-2-9-16(13)17)22-20-21-18(12-27-20)14-7-3-8-15(11-14)23(25)26/h1-12H,(H,21,22,24). The maximum Gasteiger partial charge on any atom is 0.270 e. The highest BCUT2D eigenvalue weighted by Crippen LogP contribution is 2.28. The number of carbonyl (C=O) groups is 1. The number of anilines is 1. The molecule has 0 unspecified atom stereocenters. The van der Waals surface area contributed by atoms with E-state index in [2.05, 4.69) is 10.3 Å². The summed E-state index contributed by atoms with van der Waals surface area (Å²) in [5, 5.41) is 17.8. The Bertz CT molecular complexity index is 1160. The maximum absolute atomic E-state index is 12.7. The molecule has 0 aliphatic carbocycles. The fourth-order valence-corrected chi connectivity index (χ4v) is 3.55. The molecule has 132 valence electrons. The van der Waals surface area contributed by atoms with Crippen molar-refractivity contribution in [3.63, 3.8) is 0 Å². The molecule has 0 aliphatic rings. The Balaban J connectivity index is 1.60. The lowest BCUT2D eigenvalue weighted by Gasteiger charge is -2.06. The molecule has 4 rings (SSSR count). The summed E-state index contributed by atoms with van der Waals surface area (Å²) in [6.45, 7) is 0. The van der Waals surface area contributed by atoms with Crippen LogP contribution in [0.4, 0.5) is 10.8 Å². The largest absolute Gasteiger partial charge is 0.298 e. The maximum atomic E-state index is 12.7. The number of nitrogens with one attached hydrogen (secondary N) is 1. The molecule has 0 bridgehead atoms. The molecule has 7 heteroatoms. The van der Waals surface area contributed by atoms with Crippen molar-refractivity contribution in [2.24, 2.45) is 0 Å². The van der Waals surface area contributed by atoms with Crippen LogP contribution in [0.2, 0.25) is 0 Å². The number of amides is 1. The van der Waals surface area contributed by atoms with E-state index in [0.29, 0.717) is 22.0 Å². The van der Waals surface area contributed by atoms with Gasteiger partial charge in [0.2, 0.25) is 0 Å². The van der Waals surface area contributed by atoms with E-state index in [0.717, 1.165) is 10.8 Å². The number of benzene rings is 3. The fraction of sp³-hybridized carbons (Fsp3) is 0. The number of rotatable bonds is 4. The van der Waals surface area contributed by atoms with Crippen molar-refractivity contribution >= 4 is 38.8 Å². The van der Waals surface area contributed by atoms with Crippen molar-refractivity contribution in [3.8, 4) is 11.3 Å². The smallest absolute Gasteiger partial charge is 0.270 e. The van der Waals surface area contributed by atoms with Gasteiger partial charge in [-0.3, -0.25) is 20.2 Å². The van der Waals surface area contributed by atoms with E-state index in [4.69, 9.17) is 0 Å². The Morgan fingerprint density at radius 3 is 2.67 bits per heavy atom. The zero-order valence-electron chi connectivity index (χ0n) is 14.0. The molecule has 0 spiro atoms. The van der Waals surface area contributed by atoms with Gasteiger partial charge in [-0.25, -0.2) is 4.98 Å². The van der Waals surface area contributed by atoms with Crippen molar-refractivity contribution in [2.75, 3.05) is 5.32 Å². The van der Waals surface area contributed by atoms with Crippen LogP contribution in [-0.2, 0) is 0 Å².